The number of amides is 1. The van der Waals surface area contributed by atoms with Gasteiger partial charge in [0.25, 0.3) is 0 Å². The molecule has 0 rings (SSSR count). The van der Waals surface area contributed by atoms with Crippen LogP contribution in [0.2, 0.25) is 0 Å². The quantitative estimate of drug-likeness (QED) is 0.469. The van der Waals surface area contributed by atoms with Crippen LogP contribution in [0.4, 0.5) is 4.79 Å². The monoisotopic (exact) mass is 315 g/mol. The molecular weight excluding hydrogens is 301 g/mol. The summed E-state index contributed by atoms with van der Waals surface area (Å²) in [6, 6.07) is -0.612. The van der Waals surface area contributed by atoms with E-state index in [0.717, 1.165) is 4.43 Å². The summed E-state index contributed by atoms with van der Waals surface area (Å²) in [7, 11) is 1.25. The normalized spacial score (nSPS) is 11.6. The Hall–Kier alpha value is -0.530. The second-order valence-corrected chi connectivity index (χ2v) is 3.50. The van der Waals surface area contributed by atoms with E-state index in [1.807, 2.05) is 0 Å². The highest BCUT2D eigenvalue weighted by molar-refractivity contribution is 14.1. The van der Waals surface area contributed by atoms with E-state index < -0.39 is 18.1 Å². The Balaban J connectivity index is 4.13. The lowest BCUT2D eigenvalue weighted by Crippen LogP contribution is -2.42. The van der Waals surface area contributed by atoms with Crippen LogP contribution in [0.3, 0.4) is 0 Å². The van der Waals surface area contributed by atoms with E-state index in [2.05, 4.69) is 32.6 Å². The maximum atomic E-state index is 11.3. The highest BCUT2D eigenvalue weighted by Gasteiger charge is 2.21. The van der Waals surface area contributed by atoms with Gasteiger partial charge in [-0.15, -0.1) is 0 Å². The number of hydrogen-bond acceptors (Lipinski definition) is 4. The number of hydrogen-bond donors (Lipinski definition) is 1. The van der Waals surface area contributed by atoms with Crippen molar-refractivity contribution in [2.24, 2.45) is 0 Å². The first-order chi connectivity index (χ1) is 6.65. The Morgan fingerprint density at radius 2 is 2.14 bits per heavy atom. The van der Waals surface area contributed by atoms with Crippen molar-refractivity contribution in [3.05, 3.63) is 0 Å². The Labute approximate surface area is 96.7 Å². The molecule has 5 nitrogen and oxygen atoms in total. The number of carbonyl (C=O) groups is 2. The summed E-state index contributed by atoms with van der Waals surface area (Å²) in [6.45, 7) is 2.02. The van der Waals surface area contributed by atoms with E-state index >= 15 is 0 Å². The zero-order chi connectivity index (χ0) is 11.0. The first-order valence-corrected chi connectivity index (χ1v) is 5.75. The third kappa shape index (κ3) is 5.25. The molecule has 0 fully saturated rings. The van der Waals surface area contributed by atoms with Gasteiger partial charge in [-0.1, -0.05) is 22.6 Å². The van der Waals surface area contributed by atoms with Crippen LogP contribution in [-0.2, 0) is 14.3 Å². The highest BCUT2D eigenvalue weighted by Crippen LogP contribution is 2.00. The number of rotatable bonds is 5. The summed E-state index contributed by atoms with van der Waals surface area (Å²) in [4.78, 5) is 22.2. The van der Waals surface area contributed by atoms with E-state index in [1.165, 1.54) is 7.11 Å². The van der Waals surface area contributed by atoms with Crippen molar-refractivity contribution in [2.75, 3.05) is 18.1 Å². The highest BCUT2D eigenvalue weighted by atomic mass is 127. The minimum Gasteiger partial charge on any atom is -0.464 e. The number of halogens is 1. The van der Waals surface area contributed by atoms with Gasteiger partial charge in [0.15, 0.2) is 0 Å². The summed E-state index contributed by atoms with van der Waals surface area (Å²) in [6.07, 6.45) is -0.0815. The fourth-order valence-corrected chi connectivity index (χ4v) is 1.42. The lowest BCUT2D eigenvalue weighted by Gasteiger charge is -2.14. The molecule has 14 heavy (non-hydrogen) atoms. The SMILES string of the molecule is CCOC(=O)C(CCI)NC(=O)OC. The van der Waals surface area contributed by atoms with Gasteiger partial charge in [-0.2, -0.15) is 0 Å². The molecule has 0 aliphatic rings. The molecule has 6 heteroatoms. The largest absolute Gasteiger partial charge is 0.464 e. The Kier molecular flexibility index (Phi) is 7.54. The first kappa shape index (κ1) is 13.5. The van der Waals surface area contributed by atoms with E-state index in [1.54, 1.807) is 6.92 Å². The number of nitrogens with one attached hydrogen (secondary N) is 1. The molecule has 0 saturated heterocycles. The van der Waals surface area contributed by atoms with Gasteiger partial charge in [0, 0.05) is 4.43 Å². The van der Waals surface area contributed by atoms with Gasteiger partial charge in [-0.25, -0.2) is 9.59 Å². The lowest BCUT2D eigenvalue weighted by atomic mass is 10.2. The molecule has 0 spiro atoms. The van der Waals surface area contributed by atoms with Gasteiger partial charge in [-0.3, -0.25) is 0 Å². The Bertz CT molecular complexity index is 198. The van der Waals surface area contributed by atoms with Gasteiger partial charge in [0.1, 0.15) is 6.04 Å². The van der Waals surface area contributed by atoms with E-state index in [0.29, 0.717) is 13.0 Å². The van der Waals surface area contributed by atoms with Crippen LogP contribution in [0.25, 0.3) is 0 Å². The van der Waals surface area contributed by atoms with Crippen molar-refractivity contribution < 1.29 is 19.1 Å². The molecule has 0 heterocycles. The van der Waals surface area contributed by atoms with Crippen molar-refractivity contribution in [2.45, 2.75) is 19.4 Å². The van der Waals surface area contributed by atoms with Gasteiger partial charge in [0.05, 0.1) is 13.7 Å². The van der Waals surface area contributed by atoms with Gasteiger partial charge in [-0.05, 0) is 13.3 Å². The zero-order valence-corrected chi connectivity index (χ0v) is 10.4. The lowest BCUT2D eigenvalue weighted by molar-refractivity contribution is -0.145. The number of carbonyl (C=O) groups excluding carboxylic acids is 2. The summed E-state index contributed by atoms with van der Waals surface area (Å²) < 4.78 is 9.94. The van der Waals surface area contributed by atoms with E-state index in [-0.39, 0.29) is 0 Å². The van der Waals surface area contributed by atoms with Crippen molar-refractivity contribution in [1.82, 2.24) is 5.32 Å². The van der Waals surface area contributed by atoms with Crippen molar-refractivity contribution >= 4 is 34.7 Å². The van der Waals surface area contributed by atoms with Crippen LogP contribution in [0.1, 0.15) is 13.3 Å². The zero-order valence-electron chi connectivity index (χ0n) is 8.21. The molecule has 0 aromatic heterocycles. The molecule has 0 aliphatic carbocycles. The smallest absolute Gasteiger partial charge is 0.407 e. The van der Waals surface area contributed by atoms with Crippen LogP contribution in [-0.4, -0.2) is 36.2 Å². The second-order valence-electron chi connectivity index (χ2n) is 2.42. The van der Waals surface area contributed by atoms with E-state index in [9.17, 15) is 9.59 Å². The third-order valence-electron chi connectivity index (χ3n) is 1.45. The Morgan fingerprint density at radius 1 is 1.50 bits per heavy atom. The number of esters is 1. The number of methoxy groups -OCH3 is 1. The Morgan fingerprint density at radius 3 is 2.57 bits per heavy atom. The molecule has 1 N–H and O–H groups in total. The molecule has 1 unspecified atom stereocenters. The fraction of sp³-hybridized carbons (Fsp3) is 0.750. The minimum absolute atomic E-state index is 0.305. The topological polar surface area (TPSA) is 64.6 Å². The van der Waals surface area contributed by atoms with Gasteiger partial charge >= 0.3 is 12.1 Å². The number of alkyl halides is 1. The molecule has 1 amide bonds. The molecule has 1 atom stereocenters. The summed E-state index contributed by atoms with van der Waals surface area (Å²) >= 11 is 2.12. The molecule has 0 aromatic rings. The van der Waals surface area contributed by atoms with Crippen LogP contribution in [0.15, 0.2) is 0 Å². The summed E-state index contributed by atoms with van der Waals surface area (Å²) in [5.74, 6) is -0.422. The molecular formula is C8H14INO4. The average Bonchev–Trinajstić information content (AvgIpc) is 2.17. The number of alkyl carbamates (subject to hydrolysis) is 1. The first-order valence-electron chi connectivity index (χ1n) is 4.22. The standard InChI is InChI=1S/C8H14INO4/c1-3-14-7(11)6(4-5-9)10-8(12)13-2/h6H,3-5H2,1-2H3,(H,10,12). The number of ether oxygens (including phenoxy) is 2. The van der Waals surface area contributed by atoms with E-state index in [4.69, 9.17) is 4.74 Å². The fourth-order valence-electron chi connectivity index (χ4n) is 0.802. The van der Waals surface area contributed by atoms with Gasteiger partial charge < -0.3 is 14.8 Å². The third-order valence-corrected chi connectivity index (χ3v) is 2.07. The second kappa shape index (κ2) is 7.84. The maximum absolute atomic E-state index is 11.3. The van der Waals surface area contributed by atoms with Crippen molar-refractivity contribution in [3.8, 4) is 0 Å². The molecule has 0 aromatic carbocycles. The van der Waals surface area contributed by atoms with Crippen molar-refractivity contribution in [1.29, 1.82) is 0 Å². The summed E-state index contributed by atoms with van der Waals surface area (Å²) in [5, 5.41) is 2.41. The van der Waals surface area contributed by atoms with Gasteiger partial charge in [0.2, 0.25) is 0 Å². The van der Waals surface area contributed by atoms with Crippen LogP contribution in [0.5, 0.6) is 0 Å². The van der Waals surface area contributed by atoms with Crippen LogP contribution in [0, 0.1) is 0 Å². The average molecular weight is 315 g/mol. The molecule has 0 saturated carbocycles. The predicted molar refractivity (Wildman–Crippen MR) is 59.5 cm³/mol. The van der Waals surface area contributed by atoms with Crippen LogP contribution >= 0.6 is 22.6 Å². The molecule has 0 aliphatic heterocycles. The molecule has 0 bridgehead atoms. The molecule has 82 valence electrons. The maximum Gasteiger partial charge on any atom is 0.407 e. The molecule has 0 radical (unpaired) electrons. The predicted octanol–water partition coefficient (Wildman–Crippen LogP) is 1.10. The van der Waals surface area contributed by atoms with Crippen LogP contribution < -0.4 is 5.32 Å². The van der Waals surface area contributed by atoms with Crippen molar-refractivity contribution in [3.63, 3.8) is 0 Å². The minimum atomic E-state index is -0.618. The summed E-state index contributed by atoms with van der Waals surface area (Å²) in [5.41, 5.74) is 0.